The van der Waals surface area contributed by atoms with Gasteiger partial charge >= 0.3 is 6.18 Å². The summed E-state index contributed by atoms with van der Waals surface area (Å²) in [5, 5.41) is 0. The molecule has 0 aromatic carbocycles. The van der Waals surface area contributed by atoms with Gasteiger partial charge in [0.05, 0.1) is 0 Å². The van der Waals surface area contributed by atoms with Gasteiger partial charge in [0.2, 0.25) is 0 Å². The zero-order valence-electron chi connectivity index (χ0n) is 12.2. The second-order valence-corrected chi connectivity index (χ2v) is 6.52. The molecular weight excluding hydrogens is 291 g/mol. The number of hydrogen-bond acceptors (Lipinski definition) is 3. The molecule has 118 valence electrons. The molecule has 2 saturated heterocycles. The van der Waals surface area contributed by atoms with Crippen LogP contribution in [-0.4, -0.2) is 22.1 Å². The molecule has 3 heterocycles. The van der Waals surface area contributed by atoms with E-state index in [2.05, 4.69) is 14.9 Å². The summed E-state index contributed by atoms with van der Waals surface area (Å²) in [5.74, 6) is 0.437. The molecule has 0 N–H and O–H groups in total. The number of aromatic nitrogens is 2. The standard InChI is InChI=1S/C16H18F3N3/c17-16(18,19)14-8-15(21-9-20-14)22-12-4-5-13(22)7-11(6-12)10-2-1-3-10/h8-9,12-13H,1-7H2. The minimum absolute atomic E-state index is 0.304. The Balaban J connectivity index is 1.62. The lowest BCUT2D eigenvalue weighted by Gasteiger charge is -2.39. The SMILES string of the molecule is FC(F)(F)c1cc(N2C3CCC2CC(=C2CCC2)C3)ncn1. The van der Waals surface area contributed by atoms with E-state index in [1.807, 2.05) is 0 Å². The van der Waals surface area contributed by atoms with Crippen molar-refractivity contribution in [2.45, 2.75) is 63.2 Å². The largest absolute Gasteiger partial charge is 0.433 e. The summed E-state index contributed by atoms with van der Waals surface area (Å²) in [6, 6.07) is 1.71. The Morgan fingerprint density at radius 3 is 2.23 bits per heavy atom. The average molecular weight is 309 g/mol. The molecule has 4 rings (SSSR count). The van der Waals surface area contributed by atoms with Crippen molar-refractivity contribution in [2.24, 2.45) is 0 Å². The fourth-order valence-electron chi connectivity index (χ4n) is 4.03. The number of halogens is 3. The lowest BCUT2D eigenvalue weighted by atomic mass is 9.82. The number of piperidine rings is 1. The smallest absolute Gasteiger partial charge is 0.350 e. The minimum atomic E-state index is -4.41. The summed E-state index contributed by atoms with van der Waals surface area (Å²) in [4.78, 5) is 9.60. The van der Waals surface area contributed by atoms with E-state index in [0.717, 1.165) is 38.1 Å². The first-order valence-electron chi connectivity index (χ1n) is 7.90. The number of hydrogen-bond donors (Lipinski definition) is 0. The molecule has 3 fully saturated rings. The van der Waals surface area contributed by atoms with Gasteiger partial charge in [-0.3, -0.25) is 0 Å². The van der Waals surface area contributed by atoms with Crippen LogP contribution in [0.1, 0.15) is 50.6 Å². The molecule has 0 amide bonds. The Hall–Kier alpha value is -1.59. The van der Waals surface area contributed by atoms with E-state index in [1.165, 1.54) is 19.3 Å². The van der Waals surface area contributed by atoms with E-state index in [4.69, 9.17) is 0 Å². The Bertz CT molecular complexity index is 601. The first-order chi connectivity index (χ1) is 10.5. The predicted octanol–water partition coefficient (Wildman–Crippen LogP) is 4.11. The third kappa shape index (κ3) is 2.29. The highest BCUT2D eigenvalue weighted by Crippen LogP contribution is 2.45. The molecular formula is C16H18F3N3. The molecule has 6 heteroatoms. The maximum Gasteiger partial charge on any atom is 0.433 e. The fraction of sp³-hybridized carbons (Fsp3) is 0.625. The topological polar surface area (TPSA) is 29.0 Å². The monoisotopic (exact) mass is 309 g/mol. The summed E-state index contributed by atoms with van der Waals surface area (Å²) in [5.41, 5.74) is 2.33. The van der Waals surface area contributed by atoms with Crippen molar-refractivity contribution in [1.29, 1.82) is 0 Å². The van der Waals surface area contributed by atoms with Crippen LogP contribution < -0.4 is 4.90 Å². The molecule has 2 atom stereocenters. The molecule has 2 unspecified atom stereocenters. The third-order valence-corrected chi connectivity index (χ3v) is 5.25. The van der Waals surface area contributed by atoms with Crippen molar-refractivity contribution in [1.82, 2.24) is 9.97 Å². The van der Waals surface area contributed by atoms with Crippen LogP contribution in [0.5, 0.6) is 0 Å². The van der Waals surface area contributed by atoms with Gasteiger partial charge in [-0.2, -0.15) is 13.2 Å². The fourth-order valence-corrected chi connectivity index (χ4v) is 4.03. The number of alkyl halides is 3. The van der Waals surface area contributed by atoms with E-state index in [9.17, 15) is 13.2 Å². The Kier molecular flexibility index (Phi) is 3.16. The molecule has 3 aliphatic rings. The van der Waals surface area contributed by atoms with Crippen molar-refractivity contribution in [3.63, 3.8) is 0 Å². The molecule has 2 bridgehead atoms. The normalized spacial score (nSPS) is 28.0. The molecule has 0 spiro atoms. The molecule has 0 radical (unpaired) electrons. The van der Waals surface area contributed by atoms with Gasteiger partial charge in [0, 0.05) is 18.2 Å². The first kappa shape index (κ1) is 14.0. The van der Waals surface area contributed by atoms with Gasteiger partial charge < -0.3 is 4.90 Å². The van der Waals surface area contributed by atoms with E-state index in [0.29, 0.717) is 17.9 Å². The third-order valence-electron chi connectivity index (χ3n) is 5.25. The molecule has 1 aromatic rings. The van der Waals surface area contributed by atoms with Gasteiger partial charge in [-0.1, -0.05) is 11.1 Å². The minimum Gasteiger partial charge on any atom is -0.350 e. The zero-order chi connectivity index (χ0) is 15.3. The predicted molar refractivity (Wildman–Crippen MR) is 76.4 cm³/mol. The van der Waals surface area contributed by atoms with E-state index < -0.39 is 11.9 Å². The number of fused-ring (bicyclic) bond motifs is 2. The summed E-state index contributed by atoms with van der Waals surface area (Å²) >= 11 is 0. The Morgan fingerprint density at radius 2 is 1.68 bits per heavy atom. The van der Waals surface area contributed by atoms with Crippen LogP contribution >= 0.6 is 0 Å². The molecule has 1 aliphatic carbocycles. The van der Waals surface area contributed by atoms with Gasteiger partial charge in [0.15, 0.2) is 0 Å². The number of anilines is 1. The van der Waals surface area contributed by atoms with Crippen molar-refractivity contribution in [3.8, 4) is 0 Å². The first-order valence-corrected chi connectivity index (χ1v) is 7.90. The lowest BCUT2D eigenvalue weighted by Crippen LogP contribution is -2.41. The highest BCUT2D eigenvalue weighted by Gasteiger charge is 2.41. The zero-order valence-corrected chi connectivity index (χ0v) is 12.2. The lowest BCUT2D eigenvalue weighted by molar-refractivity contribution is -0.141. The summed E-state index contributed by atoms with van der Waals surface area (Å²) in [6.45, 7) is 0. The maximum absolute atomic E-state index is 12.9. The van der Waals surface area contributed by atoms with Crippen LogP contribution in [0.15, 0.2) is 23.5 Å². The van der Waals surface area contributed by atoms with Gasteiger partial charge in [-0.25, -0.2) is 9.97 Å². The van der Waals surface area contributed by atoms with E-state index >= 15 is 0 Å². The second-order valence-electron chi connectivity index (χ2n) is 6.52. The second kappa shape index (κ2) is 4.96. The van der Waals surface area contributed by atoms with Crippen molar-refractivity contribution in [3.05, 3.63) is 29.2 Å². The number of allylic oxidation sites excluding steroid dienone is 1. The quantitative estimate of drug-likeness (QED) is 0.731. The van der Waals surface area contributed by atoms with Crippen LogP contribution in [-0.2, 0) is 6.18 Å². The maximum atomic E-state index is 12.9. The summed E-state index contributed by atoms with van der Waals surface area (Å²) in [6.07, 6.45) is 4.46. The van der Waals surface area contributed by atoms with E-state index in [1.54, 1.807) is 11.1 Å². The van der Waals surface area contributed by atoms with Gasteiger partial charge in [0.25, 0.3) is 0 Å². The van der Waals surface area contributed by atoms with Gasteiger partial charge in [-0.15, -0.1) is 0 Å². The van der Waals surface area contributed by atoms with Crippen molar-refractivity contribution >= 4 is 5.82 Å². The molecule has 1 aromatic heterocycles. The van der Waals surface area contributed by atoms with Crippen LogP contribution in [0.25, 0.3) is 0 Å². The summed E-state index contributed by atoms with van der Waals surface area (Å²) < 4.78 is 38.6. The summed E-state index contributed by atoms with van der Waals surface area (Å²) in [7, 11) is 0. The highest BCUT2D eigenvalue weighted by molar-refractivity contribution is 5.47. The van der Waals surface area contributed by atoms with Crippen molar-refractivity contribution in [2.75, 3.05) is 4.90 Å². The molecule has 2 aliphatic heterocycles. The molecule has 3 nitrogen and oxygen atoms in total. The Morgan fingerprint density at radius 1 is 1.00 bits per heavy atom. The Labute approximate surface area is 127 Å². The molecule has 1 saturated carbocycles. The van der Waals surface area contributed by atoms with Gasteiger partial charge in [0.1, 0.15) is 17.8 Å². The van der Waals surface area contributed by atoms with Crippen molar-refractivity contribution < 1.29 is 13.2 Å². The number of rotatable bonds is 1. The van der Waals surface area contributed by atoms with Gasteiger partial charge in [-0.05, 0) is 44.9 Å². The van der Waals surface area contributed by atoms with Crippen LogP contribution in [0.3, 0.4) is 0 Å². The van der Waals surface area contributed by atoms with Crippen LogP contribution in [0.4, 0.5) is 19.0 Å². The number of nitrogens with zero attached hydrogens (tertiary/aromatic N) is 3. The highest BCUT2D eigenvalue weighted by atomic mass is 19.4. The van der Waals surface area contributed by atoms with E-state index in [-0.39, 0.29) is 0 Å². The average Bonchev–Trinajstić information content (AvgIpc) is 2.67. The van der Waals surface area contributed by atoms with Crippen LogP contribution in [0, 0.1) is 0 Å². The van der Waals surface area contributed by atoms with Crippen LogP contribution in [0.2, 0.25) is 0 Å². The molecule has 22 heavy (non-hydrogen) atoms.